The number of rotatable bonds is 6. The minimum absolute atomic E-state index is 0.0943. The third-order valence-corrected chi connectivity index (χ3v) is 3.28. The van der Waals surface area contributed by atoms with Crippen molar-refractivity contribution in [3.63, 3.8) is 0 Å². The van der Waals surface area contributed by atoms with E-state index in [4.69, 9.17) is 9.15 Å². The predicted octanol–water partition coefficient (Wildman–Crippen LogP) is 2.35. The van der Waals surface area contributed by atoms with Crippen LogP contribution < -0.4 is 5.32 Å². The Kier molecular flexibility index (Phi) is 4.52. The molecule has 0 aliphatic carbocycles. The van der Waals surface area contributed by atoms with Crippen LogP contribution in [0.25, 0.3) is 0 Å². The lowest BCUT2D eigenvalue weighted by Gasteiger charge is -2.20. The molecule has 1 unspecified atom stereocenters. The molecule has 1 N–H and O–H groups in total. The molecule has 1 aromatic carbocycles. The highest BCUT2D eigenvalue weighted by Crippen LogP contribution is 2.22. The molecule has 0 radical (unpaired) electrons. The van der Waals surface area contributed by atoms with Crippen LogP contribution in [0, 0.1) is 0 Å². The molecule has 1 heterocycles. The second-order valence-corrected chi connectivity index (χ2v) is 5.31. The molecule has 0 aliphatic rings. The van der Waals surface area contributed by atoms with Crippen LogP contribution in [0.1, 0.15) is 37.2 Å². The number of hydrogen-bond donors (Lipinski definition) is 1. The average molecular weight is 275 g/mol. The second-order valence-electron chi connectivity index (χ2n) is 5.31. The molecule has 5 heteroatoms. The quantitative estimate of drug-likeness (QED) is 0.877. The number of methoxy groups -OCH3 is 1. The lowest BCUT2D eigenvalue weighted by Crippen LogP contribution is -2.25. The first kappa shape index (κ1) is 14.7. The van der Waals surface area contributed by atoms with E-state index in [1.807, 2.05) is 51.2 Å². The first-order valence-electron chi connectivity index (χ1n) is 6.65. The maximum absolute atomic E-state index is 5.76. The number of nitrogens with zero attached hydrogens (tertiary/aromatic N) is 2. The highest BCUT2D eigenvalue weighted by atomic mass is 16.5. The van der Waals surface area contributed by atoms with E-state index < -0.39 is 0 Å². The van der Waals surface area contributed by atoms with Crippen molar-refractivity contribution < 1.29 is 9.15 Å². The zero-order valence-electron chi connectivity index (χ0n) is 12.4. The van der Waals surface area contributed by atoms with Crippen molar-refractivity contribution in [1.82, 2.24) is 15.5 Å². The van der Waals surface area contributed by atoms with E-state index in [1.54, 1.807) is 7.11 Å². The van der Waals surface area contributed by atoms with Crippen LogP contribution in [0.2, 0.25) is 0 Å². The molecular formula is C15H21N3O2. The molecule has 2 aromatic rings. The third-order valence-electron chi connectivity index (χ3n) is 3.28. The maximum atomic E-state index is 5.76. The van der Waals surface area contributed by atoms with Crippen molar-refractivity contribution in [3.8, 4) is 0 Å². The van der Waals surface area contributed by atoms with Gasteiger partial charge in [0.25, 0.3) is 0 Å². The summed E-state index contributed by atoms with van der Waals surface area (Å²) in [6.45, 7) is 3.98. The Balaban J connectivity index is 2.19. The fourth-order valence-electron chi connectivity index (χ4n) is 1.97. The lowest BCUT2D eigenvalue weighted by molar-refractivity contribution is 0.0178. The van der Waals surface area contributed by atoms with Crippen molar-refractivity contribution in [2.75, 3.05) is 14.2 Å². The molecule has 2 rings (SSSR count). The van der Waals surface area contributed by atoms with Gasteiger partial charge >= 0.3 is 0 Å². The van der Waals surface area contributed by atoms with Gasteiger partial charge in [-0.3, -0.25) is 0 Å². The van der Waals surface area contributed by atoms with Gasteiger partial charge in [-0.05, 0) is 26.5 Å². The summed E-state index contributed by atoms with van der Waals surface area (Å²) in [5.74, 6) is 1.16. The molecule has 0 saturated heterocycles. The van der Waals surface area contributed by atoms with E-state index in [2.05, 4.69) is 15.5 Å². The number of hydrogen-bond acceptors (Lipinski definition) is 5. The molecule has 0 aliphatic heterocycles. The van der Waals surface area contributed by atoms with Gasteiger partial charge in [0, 0.05) is 7.11 Å². The van der Waals surface area contributed by atoms with Crippen LogP contribution >= 0.6 is 0 Å². The Bertz CT molecular complexity index is 537. The van der Waals surface area contributed by atoms with Crippen molar-refractivity contribution in [1.29, 1.82) is 0 Å². The van der Waals surface area contributed by atoms with E-state index in [1.165, 1.54) is 0 Å². The van der Waals surface area contributed by atoms with Crippen molar-refractivity contribution >= 4 is 0 Å². The summed E-state index contributed by atoms with van der Waals surface area (Å²) in [5.41, 5.74) is 0.780. The highest BCUT2D eigenvalue weighted by molar-refractivity contribution is 5.23. The first-order valence-corrected chi connectivity index (χ1v) is 6.65. The fraction of sp³-hybridized carbons (Fsp3) is 0.467. The summed E-state index contributed by atoms with van der Waals surface area (Å²) in [6, 6.07) is 9.93. The van der Waals surface area contributed by atoms with Gasteiger partial charge in [0.2, 0.25) is 11.8 Å². The summed E-state index contributed by atoms with van der Waals surface area (Å²) in [6.07, 6.45) is 0.585. The normalized spacial score (nSPS) is 13.4. The largest absolute Gasteiger partial charge is 0.423 e. The molecule has 0 amide bonds. The van der Waals surface area contributed by atoms with Gasteiger partial charge in [0.15, 0.2) is 0 Å². The molecule has 5 nitrogen and oxygen atoms in total. The fourth-order valence-corrected chi connectivity index (χ4v) is 1.97. The standard InChI is InChI=1S/C15H21N3O2/c1-15(2,19-4)10-12-17-18-14(20-12)13(16-3)11-8-6-5-7-9-11/h5-9,13,16H,10H2,1-4H3. The lowest BCUT2D eigenvalue weighted by atomic mass is 10.1. The predicted molar refractivity (Wildman–Crippen MR) is 76.4 cm³/mol. The summed E-state index contributed by atoms with van der Waals surface area (Å²) in [4.78, 5) is 0. The Labute approximate surface area is 119 Å². The number of benzene rings is 1. The first-order chi connectivity index (χ1) is 9.55. The minimum atomic E-state index is -0.314. The van der Waals surface area contributed by atoms with E-state index in [9.17, 15) is 0 Å². The van der Waals surface area contributed by atoms with Gasteiger partial charge in [-0.1, -0.05) is 30.3 Å². The summed E-state index contributed by atoms with van der Waals surface area (Å²) < 4.78 is 11.1. The third kappa shape index (κ3) is 3.43. The molecule has 1 aromatic heterocycles. The number of aromatic nitrogens is 2. The zero-order chi connectivity index (χ0) is 14.6. The Hall–Kier alpha value is -1.72. The van der Waals surface area contributed by atoms with Crippen LogP contribution in [0.4, 0.5) is 0 Å². The molecule has 0 bridgehead atoms. The van der Waals surface area contributed by atoms with Gasteiger partial charge < -0.3 is 14.5 Å². The van der Waals surface area contributed by atoms with E-state index >= 15 is 0 Å². The van der Waals surface area contributed by atoms with Crippen LogP contribution in [-0.4, -0.2) is 30.0 Å². The van der Waals surface area contributed by atoms with Crippen LogP contribution in [0.3, 0.4) is 0 Å². The highest BCUT2D eigenvalue weighted by Gasteiger charge is 2.23. The molecule has 0 saturated carbocycles. The monoisotopic (exact) mass is 275 g/mol. The minimum Gasteiger partial charge on any atom is -0.423 e. The summed E-state index contributed by atoms with van der Waals surface area (Å²) in [7, 11) is 3.55. The molecule has 20 heavy (non-hydrogen) atoms. The van der Waals surface area contributed by atoms with Gasteiger partial charge in [-0.2, -0.15) is 0 Å². The number of nitrogens with one attached hydrogen (secondary N) is 1. The van der Waals surface area contributed by atoms with E-state index in [0.29, 0.717) is 18.2 Å². The van der Waals surface area contributed by atoms with Crippen molar-refractivity contribution in [3.05, 3.63) is 47.7 Å². The van der Waals surface area contributed by atoms with Gasteiger partial charge in [-0.25, -0.2) is 0 Å². The average Bonchev–Trinajstić information content (AvgIpc) is 2.88. The Morgan fingerprint density at radius 1 is 1.25 bits per heavy atom. The molecule has 0 fully saturated rings. The smallest absolute Gasteiger partial charge is 0.237 e. The van der Waals surface area contributed by atoms with E-state index in [0.717, 1.165) is 5.56 Å². The van der Waals surface area contributed by atoms with Gasteiger partial charge in [-0.15, -0.1) is 10.2 Å². The van der Waals surface area contributed by atoms with Crippen molar-refractivity contribution in [2.24, 2.45) is 0 Å². The molecular weight excluding hydrogens is 254 g/mol. The van der Waals surface area contributed by atoms with Gasteiger partial charge in [0.1, 0.15) is 6.04 Å². The van der Waals surface area contributed by atoms with Crippen LogP contribution in [0.15, 0.2) is 34.7 Å². The topological polar surface area (TPSA) is 60.2 Å². The Morgan fingerprint density at radius 3 is 2.55 bits per heavy atom. The zero-order valence-corrected chi connectivity index (χ0v) is 12.4. The molecule has 1 atom stereocenters. The van der Waals surface area contributed by atoms with Gasteiger partial charge in [0.05, 0.1) is 12.0 Å². The van der Waals surface area contributed by atoms with Crippen LogP contribution in [0.5, 0.6) is 0 Å². The molecule has 0 spiro atoms. The summed E-state index contributed by atoms with van der Waals surface area (Å²) in [5, 5.41) is 11.5. The molecule has 108 valence electrons. The Morgan fingerprint density at radius 2 is 1.95 bits per heavy atom. The maximum Gasteiger partial charge on any atom is 0.237 e. The number of ether oxygens (including phenoxy) is 1. The van der Waals surface area contributed by atoms with Crippen LogP contribution in [-0.2, 0) is 11.2 Å². The van der Waals surface area contributed by atoms with Crippen molar-refractivity contribution in [2.45, 2.75) is 31.9 Å². The summed E-state index contributed by atoms with van der Waals surface area (Å²) >= 11 is 0. The second kappa shape index (κ2) is 6.15. The van der Waals surface area contributed by atoms with E-state index in [-0.39, 0.29) is 11.6 Å². The SMILES string of the molecule is CNC(c1ccccc1)c1nnc(CC(C)(C)OC)o1.